The Kier molecular flexibility index (Phi) is 5.03. The van der Waals surface area contributed by atoms with Crippen molar-refractivity contribution >= 4 is 11.6 Å². The molecule has 3 aliphatic heterocycles. The van der Waals surface area contributed by atoms with E-state index in [0.29, 0.717) is 18.7 Å². The number of hydrogen-bond donors (Lipinski definition) is 1. The fourth-order valence-corrected chi connectivity index (χ4v) is 4.68. The molecule has 0 unspecified atom stereocenters. The van der Waals surface area contributed by atoms with Crippen LogP contribution in [0.15, 0.2) is 36.4 Å². The van der Waals surface area contributed by atoms with Crippen LogP contribution in [0.4, 0.5) is 5.69 Å². The van der Waals surface area contributed by atoms with Crippen LogP contribution in [-0.2, 0) is 11.2 Å². The van der Waals surface area contributed by atoms with Crippen LogP contribution in [0, 0.1) is 0 Å². The van der Waals surface area contributed by atoms with Crippen molar-refractivity contribution in [1.82, 2.24) is 4.90 Å². The zero-order valence-electron chi connectivity index (χ0n) is 17.5. The highest BCUT2D eigenvalue weighted by atomic mass is 16.5. The Labute approximate surface area is 177 Å². The number of amides is 1. The Morgan fingerprint density at radius 3 is 2.93 bits per heavy atom. The molecule has 0 aliphatic carbocycles. The Morgan fingerprint density at radius 1 is 1.27 bits per heavy atom. The molecule has 0 radical (unpaired) electrons. The molecule has 3 heterocycles. The quantitative estimate of drug-likeness (QED) is 0.805. The molecule has 5 rings (SSSR count). The standard InChI is InChI=1S/C24H28N2O4/c1-3-28-22-12-16-11-15(2)30-21(16)13-19(22)23-25-20-9-5-4-8-18(20)24(27)26(23)14-17-7-6-10-29-17/h4-5,8-9,12-13,15,17,23,25H,3,6-7,10-11,14H2,1-2H3/t15-,17+,23+/m0/s1. The van der Waals surface area contributed by atoms with Crippen LogP contribution < -0.4 is 14.8 Å². The molecule has 1 amide bonds. The molecule has 0 spiro atoms. The molecule has 6 nitrogen and oxygen atoms in total. The van der Waals surface area contributed by atoms with Crippen molar-refractivity contribution in [2.45, 2.75) is 51.5 Å². The average molecular weight is 408 g/mol. The first-order valence-electron chi connectivity index (χ1n) is 10.9. The van der Waals surface area contributed by atoms with E-state index in [1.54, 1.807) is 0 Å². The van der Waals surface area contributed by atoms with Crippen molar-refractivity contribution in [2.75, 3.05) is 25.1 Å². The number of fused-ring (bicyclic) bond motifs is 2. The van der Waals surface area contributed by atoms with E-state index < -0.39 is 0 Å². The van der Waals surface area contributed by atoms with E-state index in [-0.39, 0.29) is 24.3 Å². The van der Waals surface area contributed by atoms with Gasteiger partial charge >= 0.3 is 0 Å². The highest BCUT2D eigenvalue weighted by Gasteiger charge is 2.37. The summed E-state index contributed by atoms with van der Waals surface area (Å²) in [6.07, 6.45) is 2.74. The number of carbonyl (C=O) groups excluding carboxylic acids is 1. The summed E-state index contributed by atoms with van der Waals surface area (Å²) < 4.78 is 17.9. The fraction of sp³-hybridized carbons (Fsp3) is 0.458. The topological polar surface area (TPSA) is 60.0 Å². The Bertz CT molecular complexity index is 954. The van der Waals surface area contributed by atoms with Gasteiger partial charge in [0.2, 0.25) is 0 Å². The summed E-state index contributed by atoms with van der Waals surface area (Å²) in [5, 5.41) is 3.58. The second-order valence-electron chi connectivity index (χ2n) is 8.25. The van der Waals surface area contributed by atoms with Gasteiger partial charge in [0, 0.05) is 36.4 Å². The van der Waals surface area contributed by atoms with Crippen molar-refractivity contribution in [3.05, 3.63) is 53.1 Å². The number of nitrogens with one attached hydrogen (secondary N) is 1. The van der Waals surface area contributed by atoms with Gasteiger partial charge < -0.3 is 24.4 Å². The summed E-state index contributed by atoms with van der Waals surface area (Å²) in [4.78, 5) is 15.4. The van der Waals surface area contributed by atoms with Gasteiger partial charge in [-0.05, 0) is 51.0 Å². The summed E-state index contributed by atoms with van der Waals surface area (Å²) >= 11 is 0. The van der Waals surface area contributed by atoms with E-state index in [0.717, 1.165) is 54.2 Å². The first-order valence-corrected chi connectivity index (χ1v) is 10.9. The first kappa shape index (κ1) is 19.2. The zero-order valence-corrected chi connectivity index (χ0v) is 17.5. The Morgan fingerprint density at radius 2 is 2.13 bits per heavy atom. The summed E-state index contributed by atoms with van der Waals surface area (Å²) in [7, 11) is 0. The predicted molar refractivity (Wildman–Crippen MR) is 114 cm³/mol. The predicted octanol–water partition coefficient (Wildman–Crippen LogP) is 4.15. The average Bonchev–Trinajstić information content (AvgIpc) is 3.38. The molecule has 1 saturated heterocycles. The van der Waals surface area contributed by atoms with Crippen LogP contribution in [0.2, 0.25) is 0 Å². The lowest BCUT2D eigenvalue weighted by Gasteiger charge is -2.39. The minimum absolute atomic E-state index is 0.0158. The van der Waals surface area contributed by atoms with Crippen molar-refractivity contribution < 1.29 is 19.0 Å². The van der Waals surface area contributed by atoms with Crippen molar-refractivity contribution in [3.8, 4) is 11.5 Å². The molecule has 2 aromatic rings. The number of hydrogen-bond acceptors (Lipinski definition) is 5. The van der Waals surface area contributed by atoms with Gasteiger partial charge in [0.25, 0.3) is 5.91 Å². The molecule has 0 bridgehead atoms. The van der Waals surface area contributed by atoms with Gasteiger partial charge in [0.1, 0.15) is 23.8 Å². The van der Waals surface area contributed by atoms with Crippen LogP contribution in [0.25, 0.3) is 0 Å². The number of anilines is 1. The second kappa shape index (κ2) is 7.84. The zero-order chi connectivity index (χ0) is 20.7. The third-order valence-corrected chi connectivity index (χ3v) is 6.07. The second-order valence-corrected chi connectivity index (χ2v) is 8.25. The van der Waals surface area contributed by atoms with E-state index in [9.17, 15) is 4.79 Å². The highest BCUT2D eigenvalue weighted by molar-refractivity contribution is 6.01. The molecule has 0 saturated carbocycles. The van der Waals surface area contributed by atoms with E-state index in [1.165, 1.54) is 0 Å². The molecule has 1 N–H and O–H groups in total. The van der Waals surface area contributed by atoms with Gasteiger partial charge in [0.15, 0.2) is 0 Å². The normalized spacial score (nSPS) is 24.8. The molecular weight excluding hydrogens is 380 g/mol. The lowest BCUT2D eigenvalue weighted by atomic mass is 9.99. The lowest BCUT2D eigenvalue weighted by molar-refractivity contribution is 0.0423. The largest absolute Gasteiger partial charge is 0.493 e. The first-order chi connectivity index (χ1) is 14.6. The van der Waals surface area contributed by atoms with Gasteiger partial charge in [-0.15, -0.1) is 0 Å². The molecule has 2 aromatic carbocycles. The maximum atomic E-state index is 13.5. The third-order valence-electron chi connectivity index (χ3n) is 6.07. The van der Waals surface area contributed by atoms with Gasteiger partial charge in [-0.1, -0.05) is 12.1 Å². The van der Waals surface area contributed by atoms with Gasteiger partial charge in [-0.2, -0.15) is 0 Å². The van der Waals surface area contributed by atoms with Crippen LogP contribution in [-0.4, -0.2) is 42.8 Å². The molecule has 0 aromatic heterocycles. The number of para-hydroxylation sites is 1. The van der Waals surface area contributed by atoms with E-state index in [2.05, 4.69) is 18.3 Å². The minimum Gasteiger partial charge on any atom is -0.493 e. The Hall–Kier alpha value is -2.73. The molecule has 3 aliphatic rings. The molecule has 30 heavy (non-hydrogen) atoms. The molecular formula is C24H28N2O4. The molecule has 158 valence electrons. The molecule has 3 atom stereocenters. The van der Waals surface area contributed by atoms with Gasteiger partial charge in [-0.3, -0.25) is 4.79 Å². The van der Waals surface area contributed by atoms with Crippen molar-refractivity contribution in [2.24, 2.45) is 0 Å². The van der Waals surface area contributed by atoms with Gasteiger partial charge in [0.05, 0.1) is 18.3 Å². The van der Waals surface area contributed by atoms with Crippen molar-refractivity contribution in [3.63, 3.8) is 0 Å². The van der Waals surface area contributed by atoms with Crippen LogP contribution in [0.1, 0.15) is 54.3 Å². The number of rotatable bonds is 5. The van der Waals surface area contributed by atoms with Crippen LogP contribution in [0.5, 0.6) is 11.5 Å². The lowest BCUT2D eigenvalue weighted by Crippen LogP contribution is -2.46. The number of benzene rings is 2. The van der Waals surface area contributed by atoms with E-state index in [1.807, 2.05) is 42.2 Å². The summed E-state index contributed by atoms with van der Waals surface area (Å²) in [6.45, 7) is 5.92. The van der Waals surface area contributed by atoms with Crippen molar-refractivity contribution in [1.29, 1.82) is 0 Å². The third kappa shape index (κ3) is 3.39. The number of nitrogens with zero attached hydrogens (tertiary/aromatic N) is 1. The molecule has 6 heteroatoms. The monoisotopic (exact) mass is 408 g/mol. The summed E-state index contributed by atoms with van der Waals surface area (Å²) in [5.74, 6) is 1.70. The summed E-state index contributed by atoms with van der Waals surface area (Å²) in [5.41, 5.74) is 3.61. The van der Waals surface area contributed by atoms with Crippen LogP contribution >= 0.6 is 0 Å². The summed E-state index contributed by atoms with van der Waals surface area (Å²) in [6, 6.07) is 11.8. The maximum Gasteiger partial charge on any atom is 0.257 e. The fourth-order valence-electron chi connectivity index (χ4n) is 4.68. The van der Waals surface area contributed by atoms with Gasteiger partial charge in [-0.25, -0.2) is 0 Å². The molecule has 1 fully saturated rings. The number of carbonyl (C=O) groups is 1. The van der Waals surface area contributed by atoms with E-state index >= 15 is 0 Å². The Balaban J connectivity index is 1.58. The van der Waals surface area contributed by atoms with Crippen LogP contribution in [0.3, 0.4) is 0 Å². The SMILES string of the molecule is CCOc1cc2c(cc1[C@@H]1Nc3ccccc3C(=O)N1C[C@H]1CCCO1)O[C@@H](C)C2. The number of ether oxygens (including phenoxy) is 3. The smallest absolute Gasteiger partial charge is 0.257 e. The maximum absolute atomic E-state index is 13.5. The van der Waals surface area contributed by atoms with E-state index in [4.69, 9.17) is 14.2 Å². The highest BCUT2D eigenvalue weighted by Crippen LogP contribution is 2.42. The minimum atomic E-state index is -0.344.